The summed E-state index contributed by atoms with van der Waals surface area (Å²) in [5, 5.41) is 10.1. The Labute approximate surface area is 137 Å². The maximum atomic E-state index is 8.96. The van der Waals surface area contributed by atoms with E-state index >= 15 is 0 Å². The molecule has 0 heterocycles. The van der Waals surface area contributed by atoms with Gasteiger partial charge in [-0.05, 0) is 63.8 Å². The van der Waals surface area contributed by atoms with Crippen LogP contribution in [0, 0.1) is 16.7 Å². The molecule has 0 aliphatic rings. The van der Waals surface area contributed by atoms with Gasteiger partial charge in [-0.2, -0.15) is 5.26 Å². The maximum Gasteiger partial charge on any atom is 0.141 e. The quantitative estimate of drug-likeness (QED) is 0.710. The van der Waals surface area contributed by atoms with Crippen molar-refractivity contribution in [1.29, 1.82) is 5.26 Å². The number of rotatable bonds is 8. The van der Waals surface area contributed by atoms with E-state index in [0.29, 0.717) is 35.4 Å². The van der Waals surface area contributed by atoms with Crippen molar-refractivity contribution in [1.82, 2.24) is 0 Å². The predicted octanol–water partition coefficient (Wildman–Crippen LogP) is 4.59. The summed E-state index contributed by atoms with van der Waals surface area (Å²) in [5.74, 6) is 0.672. The van der Waals surface area contributed by atoms with Crippen LogP contribution in [0.4, 0.5) is 0 Å². The van der Waals surface area contributed by atoms with Crippen molar-refractivity contribution in [2.45, 2.75) is 39.5 Å². The zero-order chi connectivity index (χ0) is 15.9. The lowest BCUT2D eigenvalue weighted by atomic mass is 9.89. The van der Waals surface area contributed by atoms with Crippen molar-refractivity contribution < 1.29 is 4.74 Å². The molecule has 0 spiro atoms. The van der Waals surface area contributed by atoms with E-state index in [1.54, 1.807) is 6.07 Å². The third-order valence-electron chi connectivity index (χ3n) is 3.24. The van der Waals surface area contributed by atoms with Gasteiger partial charge < -0.3 is 10.5 Å². The second kappa shape index (κ2) is 8.48. The van der Waals surface area contributed by atoms with Crippen LogP contribution >= 0.6 is 23.2 Å². The number of nitriles is 1. The number of hydrogen-bond acceptors (Lipinski definition) is 3. The van der Waals surface area contributed by atoms with Crippen LogP contribution < -0.4 is 10.5 Å². The minimum absolute atomic E-state index is 0.275. The Bertz CT molecular complexity index is 510. The fraction of sp³-hybridized carbons (Fsp3) is 0.562. The molecule has 116 valence electrons. The summed E-state index contributed by atoms with van der Waals surface area (Å²) in [4.78, 5) is 0. The van der Waals surface area contributed by atoms with Gasteiger partial charge in [-0.1, -0.05) is 23.2 Å². The monoisotopic (exact) mass is 328 g/mol. The van der Waals surface area contributed by atoms with Gasteiger partial charge in [-0.25, -0.2) is 0 Å². The Morgan fingerprint density at radius 2 is 2.00 bits per heavy atom. The Kier molecular flexibility index (Phi) is 7.31. The molecule has 0 radical (unpaired) electrons. The highest BCUT2D eigenvalue weighted by atomic mass is 35.5. The smallest absolute Gasteiger partial charge is 0.141 e. The molecular formula is C16H22Cl2N2O. The van der Waals surface area contributed by atoms with Crippen molar-refractivity contribution in [2.75, 3.05) is 13.2 Å². The zero-order valence-electron chi connectivity index (χ0n) is 12.6. The summed E-state index contributed by atoms with van der Waals surface area (Å²) in [6.07, 6.45) is 3.36. The van der Waals surface area contributed by atoms with Crippen molar-refractivity contribution >= 4 is 23.2 Å². The number of nitrogens with two attached hydrogens (primary N) is 1. The average Bonchev–Trinajstić information content (AvgIpc) is 2.41. The predicted molar refractivity (Wildman–Crippen MR) is 88.0 cm³/mol. The SMILES string of the molecule is CC(C)(C#N)CCCCOc1c(Cl)cc(Cl)cc1CCN. The number of benzene rings is 1. The van der Waals surface area contributed by atoms with Crippen LogP contribution in [-0.2, 0) is 6.42 Å². The van der Waals surface area contributed by atoms with E-state index in [1.165, 1.54) is 0 Å². The standard InChI is InChI=1S/C16H22Cl2N2O/c1-16(2,11-20)6-3-4-8-21-15-12(5-7-19)9-13(17)10-14(15)18/h9-10H,3-8,19H2,1-2H3. The lowest BCUT2D eigenvalue weighted by Gasteiger charge is -2.16. The van der Waals surface area contributed by atoms with Gasteiger partial charge in [0.25, 0.3) is 0 Å². The molecule has 21 heavy (non-hydrogen) atoms. The third-order valence-corrected chi connectivity index (χ3v) is 3.74. The van der Waals surface area contributed by atoms with E-state index in [1.807, 2.05) is 19.9 Å². The molecule has 1 rings (SSSR count). The number of halogens is 2. The van der Waals surface area contributed by atoms with E-state index in [-0.39, 0.29) is 5.41 Å². The molecule has 5 heteroatoms. The first-order valence-electron chi connectivity index (χ1n) is 7.11. The van der Waals surface area contributed by atoms with Gasteiger partial charge in [0.15, 0.2) is 0 Å². The molecule has 0 fully saturated rings. The molecule has 0 aromatic heterocycles. The van der Waals surface area contributed by atoms with Gasteiger partial charge >= 0.3 is 0 Å². The van der Waals surface area contributed by atoms with Gasteiger partial charge in [0.1, 0.15) is 5.75 Å². The minimum Gasteiger partial charge on any atom is -0.492 e. The fourth-order valence-electron chi connectivity index (χ4n) is 2.02. The fourth-order valence-corrected chi connectivity index (χ4v) is 2.61. The molecule has 0 aliphatic heterocycles. The number of nitrogens with zero attached hydrogens (tertiary/aromatic N) is 1. The van der Waals surface area contributed by atoms with Crippen LogP contribution in [-0.4, -0.2) is 13.2 Å². The molecule has 0 bridgehead atoms. The Morgan fingerprint density at radius 1 is 1.29 bits per heavy atom. The maximum absolute atomic E-state index is 8.96. The van der Waals surface area contributed by atoms with Crippen LogP contribution in [0.25, 0.3) is 0 Å². The molecule has 0 amide bonds. The molecule has 2 N–H and O–H groups in total. The van der Waals surface area contributed by atoms with Crippen LogP contribution in [0.3, 0.4) is 0 Å². The molecule has 0 saturated heterocycles. The van der Waals surface area contributed by atoms with Gasteiger partial charge in [-0.3, -0.25) is 0 Å². The first-order valence-corrected chi connectivity index (χ1v) is 7.87. The Balaban J connectivity index is 2.54. The lowest BCUT2D eigenvalue weighted by molar-refractivity contribution is 0.292. The van der Waals surface area contributed by atoms with Gasteiger partial charge in [0.05, 0.1) is 23.1 Å². The second-order valence-corrected chi connectivity index (χ2v) is 6.56. The summed E-state index contributed by atoms with van der Waals surface area (Å²) in [7, 11) is 0. The van der Waals surface area contributed by atoms with Gasteiger partial charge in [-0.15, -0.1) is 0 Å². The van der Waals surface area contributed by atoms with E-state index < -0.39 is 0 Å². The number of ether oxygens (including phenoxy) is 1. The van der Waals surface area contributed by atoms with Crippen LogP contribution in [0.1, 0.15) is 38.7 Å². The second-order valence-electron chi connectivity index (χ2n) is 5.72. The van der Waals surface area contributed by atoms with Crippen LogP contribution in [0.15, 0.2) is 12.1 Å². The molecule has 0 saturated carbocycles. The first-order chi connectivity index (χ1) is 9.89. The third kappa shape index (κ3) is 6.13. The van der Waals surface area contributed by atoms with Crippen molar-refractivity contribution in [3.05, 3.63) is 27.7 Å². The number of hydrogen-bond donors (Lipinski definition) is 1. The van der Waals surface area contributed by atoms with E-state index in [9.17, 15) is 0 Å². The van der Waals surface area contributed by atoms with E-state index in [4.69, 9.17) is 38.9 Å². The van der Waals surface area contributed by atoms with Crippen LogP contribution in [0.2, 0.25) is 10.0 Å². The molecule has 0 aliphatic carbocycles. The average molecular weight is 329 g/mol. The van der Waals surface area contributed by atoms with Crippen LogP contribution in [0.5, 0.6) is 5.75 Å². The Hall–Kier alpha value is -0.950. The molecular weight excluding hydrogens is 307 g/mol. The largest absolute Gasteiger partial charge is 0.492 e. The Morgan fingerprint density at radius 3 is 2.62 bits per heavy atom. The van der Waals surface area contributed by atoms with Crippen molar-refractivity contribution in [3.8, 4) is 11.8 Å². The molecule has 0 atom stereocenters. The summed E-state index contributed by atoms with van der Waals surface area (Å²) >= 11 is 12.2. The topological polar surface area (TPSA) is 59.0 Å². The summed E-state index contributed by atoms with van der Waals surface area (Å²) in [5.41, 5.74) is 6.26. The highest BCUT2D eigenvalue weighted by Gasteiger charge is 2.16. The zero-order valence-corrected chi connectivity index (χ0v) is 14.1. The lowest BCUT2D eigenvalue weighted by Crippen LogP contribution is -2.09. The van der Waals surface area contributed by atoms with Crippen molar-refractivity contribution in [2.24, 2.45) is 11.1 Å². The number of unbranched alkanes of at least 4 members (excludes halogenated alkanes) is 1. The van der Waals surface area contributed by atoms with E-state index in [0.717, 1.165) is 24.8 Å². The van der Waals surface area contributed by atoms with Crippen molar-refractivity contribution in [3.63, 3.8) is 0 Å². The first kappa shape index (κ1) is 18.1. The van der Waals surface area contributed by atoms with Gasteiger partial charge in [0.2, 0.25) is 0 Å². The molecule has 3 nitrogen and oxygen atoms in total. The molecule has 1 aromatic carbocycles. The van der Waals surface area contributed by atoms with Gasteiger partial charge in [0, 0.05) is 5.02 Å². The molecule has 1 aromatic rings. The molecule has 0 unspecified atom stereocenters. The summed E-state index contributed by atoms with van der Waals surface area (Å²) in [6.45, 7) is 4.98. The minimum atomic E-state index is -0.275. The highest BCUT2D eigenvalue weighted by Crippen LogP contribution is 2.33. The summed E-state index contributed by atoms with van der Waals surface area (Å²) < 4.78 is 5.79. The highest BCUT2D eigenvalue weighted by molar-refractivity contribution is 6.35. The van der Waals surface area contributed by atoms with E-state index in [2.05, 4.69) is 6.07 Å². The normalized spacial score (nSPS) is 11.2. The summed E-state index contributed by atoms with van der Waals surface area (Å²) in [6, 6.07) is 5.82.